The molecule has 1 N–H and O–H groups in total. The zero-order chi connectivity index (χ0) is 26.0. The SMILES string of the molecule is O=C(O)c1ccc2cc(N3CCC4(C=C(c5c(-c6c(F)cccc6Cl)noc5C5CC5)C4)CC3)ccc2n1. The quantitative estimate of drug-likeness (QED) is 0.291. The maximum Gasteiger partial charge on any atom is 0.354 e. The number of halogens is 2. The van der Waals surface area contributed by atoms with Gasteiger partial charge in [0.25, 0.3) is 0 Å². The van der Waals surface area contributed by atoms with Crippen LogP contribution in [0.5, 0.6) is 0 Å². The Hall–Kier alpha value is -3.71. The lowest BCUT2D eigenvalue weighted by Crippen LogP contribution is -2.42. The molecule has 38 heavy (non-hydrogen) atoms. The van der Waals surface area contributed by atoms with Gasteiger partial charge in [-0.25, -0.2) is 14.2 Å². The van der Waals surface area contributed by atoms with Gasteiger partial charge in [-0.2, -0.15) is 0 Å². The fourth-order valence-corrected chi connectivity index (χ4v) is 6.23. The summed E-state index contributed by atoms with van der Waals surface area (Å²) in [5.74, 6) is -0.189. The van der Waals surface area contributed by atoms with Crippen molar-refractivity contribution in [2.24, 2.45) is 5.41 Å². The third-order valence-electron chi connectivity index (χ3n) is 8.23. The van der Waals surface area contributed by atoms with E-state index >= 15 is 0 Å². The number of carbonyl (C=O) groups is 1. The zero-order valence-electron chi connectivity index (χ0n) is 20.6. The van der Waals surface area contributed by atoms with Gasteiger partial charge in [0.05, 0.1) is 16.1 Å². The first-order valence-corrected chi connectivity index (χ1v) is 13.3. The predicted octanol–water partition coefficient (Wildman–Crippen LogP) is 7.33. The molecule has 3 aliphatic rings. The maximum absolute atomic E-state index is 14.8. The molecule has 4 aromatic rings. The van der Waals surface area contributed by atoms with E-state index < -0.39 is 5.97 Å². The van der Waals surface area contributed by atoms with E-state index in [1.807, 2.05) is 18.2 Å². The Morgan fingerprint density at radius 1 is 1.11 bits per heavy atom. The minimum Gasteiger partial charge on any atom is -0.477 e. The Morgan fingerprint density at radius 2 is 1.89 bits per heavy atom. The molecule has 0 bridgehead atoms. The first-order valence-electron chi connectivity index (χ1n) is 13.0. The number of allylic oxidation sites excluding steroid dienone is 2. The van der Waals surface area contributed by atoms with Gasteiger partial charge in [0.1, 0.15) is 23.0 Å². The second-order valence-corrected chi connectivity index (χ2v) is 11.1. The van der Waals surface area contributed by atoms with Gasteiger partial charge in [0.15, 0.2) is 0 Å². The van der Waals surface area contributed by atoms with Crippen molar-refractivity contribution in [3.8, 4) is 11.3 Å². The number of pyridine rings is 1. The van der Waals surface area contributed by atoms with Crippen LogP contribution in [-0.4, -0.2) is 34.3 Å². The number of benzene rings is 2. The van der Waals surface area contributed by atoms with E-state index in [4.69, 9.17) is 16.1 Å². The van der Waals surface area contributed by atoms with E-state index in [0.29, 0.717) is 27.7 Å². The van der Waals surface area contributed by atoms with Crippen molar-refractivity contribution < 1.29 is 18.8 Å². The third kappa shape index (κ3) is 3.88. The van der Waals surface area contributed by atoms with E-state index in [1.165, 1.54) is 11.6 Å². The summed E-state index contributed by atoms with van der Waals surface area (Å²) in [4.78, 5) is 17.8. The second kappa shape index (κ2) is 8.67. The zero-order valence-corrected chi connectivity index (χ0v) is 21.3. The van der Waals surface area contributed by atoms with Crippen molar-refractivity contribution >= 4 is 39.7 Å². The van der Waals surface area contributed by atoms with E-state index in [1.54, 1.807) is 18.2 Å². The van der Waals surface area contributed by atoms with Gasteiger partial charge < -0.3 is 14.5 Å². The molecule has 1 saturated heterocycles. The highest BCUT2D eigenvalue weighted by molar-refractivity contribution is 6.33. The molecule has 1 spiro atoms. The number of carboxylic acids is 1. The molecule has 2 fully saturated rings. The number of anilines is 1. The number of fused-ring (bicyclic) bond motifs is 1. The number of aromatic nitrogens is 2. The minimum absolute atomic E-state index is 0.0517. The van der Waals surface area contributed by atoms with Gasteiger partial charge in [-0.15, -0.1) is 0 Å². The largest absolute Gasteiger partial charge is 0.477 e. The van der Waals surface area contributed by atoms with Crippen molar-refractivity contribution in [1.29, 1.82) is 0 Å². The summed E-state index contributed by atoms with van der Waals surface area (Å²) in [5.41, 5.74) is 4.93. The Balaban J connectivity index is 1.13. The van der Waals surface area contributed by atoms with Gasteiger partial charge in [0, 0.05) is 35.6 Å². The molecule has 6 nitrogen and oxygen atoms in total. The fourth-order valence-electron chi connectivity index (χ4n) is 5.97. The first-order chi connectivity index (χ1) is 18.4. The molecule has 3 heterocycles. The van der Waals surface area contributed by atoms with Gasteiger partial charge in [-0.1, -0.05) is 35.0 Å². The minimum atomic E-state index is -1.02. The molecule has 192 valence electrons. The van der Waals surface area contributed by atoms with E-state index in [0.717, 1.165) is 67.6 Å². The molecule has 0 unspecified atom stereocenters. The number of nitrogens with zero attached hydrogens (tertiary/aromatic N) is 3. The van der Waals surface area contributed by atoms with E-state index in [2.05, 4.69) is 27.2 Å². The van der Waals surface area contributed by atoms with Crippen molar-refractivity contribution in [3.05, 3.63) is 82.5 Å². The maximum atomic E-state index is 14.8. The Morgan fingerprint density at radius 3 is 2.61 bits per heavy atom. The molecule has 2 aromatic carbocycles. The van der Waals surface area contributed by atoms with Crippen LogP contribution >= 0.6 is 11.6 Å². The van der Waals surface area contributed by atoms with Gasteiger partial charge >= 0.3 is 5.97 Å². The number of rotatable bonds is 5. The average Bonchev–Trinajstić information content (AvgIpc) is 3.66. The van der Waals surface area contributed by atoms with Crippen molar-refractivity contribution in [3.63, 3.8) is 0 Å². The van der Waals surface area contributed by atoms with Gasteiger partial charge in [-0.05, 0) is 79.5 Å². The molecule has 2 aliphatic carbocycles. The molecule has 0 radical (unpaired) electrons. The molecule has 1 aliphatic heterocycles. The number of aromatic carboxylic acids is 1. The standard InChI is InChI=1S/C30H25ClFN3O3/c31-21-2-1-3-22(32)26(21)27-25(28(38-34-27)17-4-5-17)19-15-30(16-19)10-12-35(13-11-30)20-7-9-23-18(14-20)6-8-24(33-23)29(36)37/h1-3,6-9,14-15,17H,4-5,10-13,16H2,(H,36,37). The summed E-state index contributed by atoms with van der Waals surface area (Å²) in [7, 11) is 0. The van der Waals surface area contributed by atoms with Crippen LogP contribution in [0.25, 0.3) is 27.7 Å². The number of hydrogen-bond acceptors (Lipinski definition) is 5. The van der Waals surface area contributed by atoms with Gasteiger partial charge in [-0.3, -0.25) is 0 Å². The molecule has 2 aromatic heterocycles. The average molecular weight is 530 g/mol. The van der Waals surface area contributed by atoms with E-state index in [9.17, 15) is 14.3 Å². The lowest BCUT2D eigenvalue weighted by atomic mass is 9.63. The molecule has 0 amide bonds. The van der Waals surface area contributed by atoms with Crippen molar-refractivity contribution in [1.82, 2.24) is 10.1 Å². The Bertz CT molecular complexity index is 1610. The van der Waals surface area contributed by atoms with Crippen LogP contribution in [0.1, 0.15) is 59.8 Å². The van der Waals surface area contributed by atoms with Crippen LogP contribution in [0.3, 0.4) is 0 Å². The molecule has 1 saturated carbocycles. The summed E-state index contributed by atoms with van der Waals surface area (Å²) in [6.07, 6.45) is 7.45. The monoisotopic (exact) mass is 529 g/mol. The van der Waals surface area contributed by atoms with Crippen molar-refractivity contribution in [2.45, 2.75) is 38.0 Å². The highest BCUT2D eigenvalue weighted by atomic mass is 35.5. The van der Waals surface area contributed by atoms with Crippen LogP contribution in [0, 0.1) is 11.2 Å². The van der Waals surface area contributed by atoms with Crippen LogP contribution in [0.4, 0.5) is 10.1 Å². The summed E-state index contributed by atoms with van der Waals surface area (Å²) in [6, 6.07) is 14.1. The number of piperidine rings is 1. The second-order valence-electron chi connectivity index (χ2n) is 10.7. The van der Waals surface area contributed by atoms with Crippen LogP contribution in [0.2, 0.25) is 5.02 Å². The van der Waals surface area contributed by atoms with Crippen LogP contribution in [-0.2, 0) is 0 Å². The third-order valence-corrected chi connectivity index (χ3v) is 8.54. The van der Waals surface area contributed by atoms with Gasteiger partial charge in [0.2, 0.25) is 0 Å². The lowest BCUT2D eigenvalue weighted by molar-refractivity contribution is 0.0691. The first kappa shape index (κ1) is 23.4. The molecule has 8 heteroatoms. The topological polar surface area (TPSA) is 79.5 Å². The summed E-state index contributed by atoms with van der Waals surface area (Å²) < 4.78 is 20.6. The van der Waals surface area contributed by atoms with Crippen LogP contribution in [0.15, 0.2) is 59.1 Å². The Labute approximate surface area is 223 Å². The number of carboxylic acid groups (broad SMARTS) is 1. The predicted molar refractivity (Wildman–Crippen MR) is 144 cm³/mol. The van der Waals surface area contributed by atoms with Crippen molar-refractivity contribution in [2.75, 3.05) is 18.0 Å². The summed E-state index contributed by atoms with van der Waals surface area (Å²) in [5, 5.41) is 14.8. The fraction of sp³-hybridized carbons (Fsp3) is 0.300. The summed E-state index contributed by atoms with van der Waals surface area (Å²) in [6.45, 7) is 1.84. The number of hydrogen-bond donors (Lipinski definition) is 1. The highest BCUT2D eigenvalue weighted by Gasteiger charge is 2.44. The molecular weight excluding hydrogens is 505 g/mol. The highest BCUT2D eigenvalue weighted by Crippen LogP contribution is 2.56. The smallest absolute Gasteiger partial charge is 0.354 e. The molecule has 0 atom stereocenters. The van der Waals surface area contributed by atoms with E-state index in [-0.39, 0.29) is 16.9 Å². The summed E-state index contributed by atoms with van der Waals surface area (Å²) >= 11 is 6.40. The molecule has 7 rings (SSSR count). The normalized spacial score (nSPS) is 18.5. The molecular formula is C30H25ClFN3O3. The Kier molecular flexibility index (Phi) is 5.34. The lowest BCUT2D eigenvalue weighted by Gasteiger charge is -2.47. The van der Waals surface area contributed by atoms with Crippen LogP contribution < -0.4 is 4.90 Å².